The van der Waals surface area contributed by atoms with Crippen molar-refractivity contribution >= 4 is 11.8 Å². The Morgan fingerprint density at radius 3 is 2.41 bits per heavy atom. The van der Waals surface area contributed by atoms with Crippen molar-refractivity contribution in [3.63, 3.8) is 0 Å². The van der Waals surface area contributed by atoms with Crippen LogP contribution >= 0.6 is 0 Å². The van der Waals surface area contributed by atoms with Gasteiger partial charge in [0.25, 0.3) is 5.69 Å². The third kappa shape index (κ3) is 3.80. The highest BCUT2D eigenvalue weighted by Gasteiger charge is 2.33. The lowest BCUT2D eigenvalue weighted by Crippen LogP contribution is -2.42. The Hall–Kier alpha value is -3.74. The summed E-state index contributed by atoms with van der Waals surface area (Å²) in [5.41, 5.74) is 2.78. The molecule has 146 valence electrons. The average Bonchev–Trinajstić information content (AvgIpc) is 2.74. The number of hydrogen-bond donors (Lipinski definition) is 0. The number of non-ortho nitro benzene ring substituents is 1. The number of rotatable bonds is 3. The van der Waals surface area contributed by atoms with Crippen molar-refractivity contribution in [1.29, 1.82) is 0 Å². The van der Waals surface area contributed by atoms with Crippen LogP contribution < -0.4 is 4.74 Å². The second-order valence-electron chi connectivity index (χ2n) is 6.72. The molecule has 3 aromatic rings. The molecule has 0 radical (unpaired) electrons. The van der Waals surface area contributed by atoms with Gasteiger partial charge in [-0.05, 0) is 47.4 Å². The molecule has 1 aliphatic heterocycles. The predicted octanol–water partition coefficient (Wildman–Crippen LogP) is 4.88. The van der Waals surface area contributed by atoms with E-state index >= 15 is 0 Å². The first-order valence-corrected chi connectivity index (χ1v) is 9.09. The summed E-state index contributed by atoms with van der Waals surface area (Å²) in [6.45, 7) is 0.435. The number of nitro groups is 1. The van der Waals surface area contributed by atoms with Gasteiger partial charge in [-0.1, -0.05) is 36.4 Å². The van der Waals surface area contributed by atoms with Crippen LogP contribution in [0, 0.1) is 15.9 Å². The van der Waals surface area contributed by atoms with Crippen molar-refractivity contribution < 1.29 is 18.8 Å². The molecule has 1 aliphatic rings. The maximum absolute atomic E-state index is 13.4. The van der Waals surface area contributed by atoms with Gasteiger partial charge >= 0.3 is 6.09 Å². The number of carbonyl (C=O) groups is 1. The van der Waals surface area contributed by atoms with Crippen LogP contribution in [0.4, 0.5) is 14.9 Å². The first kappa shape index (κ1) is 18.6. The van der Waals surface area contributed by atoms with E-state index in [0.29, 0.717) is 13.0 Å². The van der Waals surface area contributed by atoms with Gasteiger partial charge in [0.2, 0.25) is 0 Å². The number of nitrogens with zero attached hydrogens (tertiary/aromatic N) is 2. The first-order valence-electron chi connectivity index (χ1n) is 9.09. The summed E-state index contributed by atoms with van der Waals surface area (Å²) in [7, 11) is 0. The third-order valence-corrected chi connectivity index (χ3v) is 4.96. The van der Waals surface area contributed by atoms with Gasteiger partial charge in [-0.2, -0.15) is 0 Å². The molecule has 0 bridgehead atoms. The Kier molecular flexibility index (Phi) is 4.95. The normalized spacial score (nSPS) is 15.5. The van der Waals surface area contributed by atoms with E-state index in [0.717, 1.165) is 16.7 Å². The summed E-state index contributed by atoms with van der Waals surface area (Å²) in [6.07, 6.45) is 0.103. The van der Waals surface area contributed by atoms with Crippen LogP contribution in [0.25, 0.3) is 0 Å². The minimum atomic E-state index is -0.567. The number of carbonyl (C=O) groups excluding carboxylic acids is 1. The topological polar surface area (TPSA) is 72.7 Å². The Bertz CT molecular complexity index is 1050. The molecule has 7 heteroatoms. The quantitative estimate of drug-likeness (QED) is 0.470. The summed E-state index contributed by atoms with van der Waals surface area (Å²) in [5.74, 6) is -0.129. The Morgan fingerprint density at radius 1 is 1.03 bits per heavy atom. The van der Waals surface area contributed by atoms with Crippen molar-refractivity contribution in [2.75, 3.05) is 6.54 Å². The smallest absolute Gasteiger partial charge is 0.410 e. The summed E-state index contributed by atoms with van der Waals surface area (Å²) in [4.78, 5) is 24.8. The Morgan fingerprint density at radius 2 is 1.72 bits per heavy atom. The third-order valence-electron chi connectivity index (χ3n) is 4.96. The van der Waals surface area contributed by atoms with E-state index in [-0.39, 0.29) is 17.3 Å². The fourth-order valence-corrected chi connectivity index (χ4v) is 3.56. The molecule has 1 heterocycles. The van der Waals surface area contributed by atoms with Crippen LogP contribution in [0.15, 0.2) is 72.8 Å². The van der Waals surface area contributed by atoms with E-state index in [9.17, 15) is 19.3 Å². The standard InChI is InChI=1S/C22H17FN2O4/c23-17-7-5-16(6-8-17)21-20-4-2-1-3-15(20)13-14-24(21)22(26)29-19-11-9-18(10-12-19)25(27)28/h1-12,21H,13-14H2/t21-/m0/s1. The first-order chi connectivity index (χ1) is 14.0. The highest BCUT2D eigenvalue weighted by atomic mass is 19.1. The zero-order valence-corrected chi connectivity index (χ0v) is 15.3. The fraction of sp³-hybridized carbons (Fsp3) is 0.136. The minimum absolute atomic E-state index is 0.0825. The molecule has 0 N–H and O–H groups in total. The van der Waals surface area contributed by atoms with Crippen LogP contribution in [-0.4, -0.2) is 22.5 Å². The SMILES string of the molecule is O=C(Oc1ccc([N+](=O)[O-])cc1)N1CCc2ccccc2[C@@H]1c1ccc(F)cc1. The summed E-state index contributed by atoms with van der Waals surface area (Å²) in [6, 6.07) is 18.8. The van der Waals surface area contributed by atoms with Gasteiger partial charge in [0, 0.05) is 18.7 Å². The molecular weight excluding hydrogens is 375 g/mol. The Labute approximate surface area is 166 Å². The fourth-order valence-electron chi connectivity index (χ4n) is 3.56. The van der Waals surface area contributed by atoms with Gasteiger partial charge in [0.05, 0.1) is 11.0 Å². The molecule has 0 aliphatic carbocycles. The van der Waals surface area contributed by atoms with E-state index in [1.807, 2.05) is 24.3 Å². The number of nitro benzene ring substituents is 1. The second-order valence-corrected chi connectivity index (χ2v) is 6.72. The molecule has 29 heavy (non-hydrogen) atoms. The van der Waals surface area contributed by atoms with E-state index < -0.39 is 17.1 Å². The van der Waals surface area contributed by atoms with Crippen molar-refractivity contribution in [3.8, 4) is 5.75 Å². The highest BCUT2D eigenvalue weighted by Crippen LogP contribution is 2.35. The van der Waals surface area contributed by atoms with E-state index in [1.54, 1.807) is 17.0 Å². The summed E-state index contributed by atoms with van der Waals surface area (Å²) in [5, 5.41) is 10.8. The number of ether oxygens (including phenoxy) is 1. The maximum atomic E-state index is 13.4. The number of benzene rings is 3. The van der Waals surface area contributed by atoms with Gasteiger partial charge in [-0.3, -0.25) is 15.0 Å². The molecule has 0 fully saturated rings. The van der Waals surface area contributed by atoms with Crippen LogP contribution in [0.2, 0.25) is 0 Å². The average molecular weight is 392 g/mol. The molecule has 3 aromatic carbocycles. The van der Waals surface area contributed by atoms with Gasteiger partial charge in [0.1, 0.15) is 11.6 Å². The molecule has 1 atom stereocenters. The monoisotopic (exact) mass is 392 g/mol. The van der Waals surface area contributed by atoms with E-state index in [1.165, 1.54) is 36.4 Å². The summed E-state index contributed by atoms with van der Waals surface area (Å²) >= 11 is 0. The number of halogens is 1. The maximum Gasteiger partial charge on any atom is 0.416 e. The molecule has 0 spiro atoms. The van der Waals surface area contributed by atoms with Crippen molar-refractivity contribution in [2.45, 2.75) is 12.5 Å². The molecule has 6 nitrogen and oxygen atoms in total. The van der Waals surface area contributed by atoms with Crippen molar-refractivity contribution in [2.24, 2.45) is 0 Å². The van der Waals surface area contributed by atoms with E-state index in [2.05, 4.69) is 0 Å². The largest absolute Gasteiger partial charge is 0.416 e. The highest BCUT2D eigenvalue weighted by molar-refractivity contribution is 5.73. The molecule has 0 saturated heterocycles. The summed E-state index contributed by atoms with van der Waals surface area (Å²) < 4.78 is 18.9. The second kappa shape index (κ2) is 7.71. The van der Waals surface area contributed by atoms with Crippen molar-refractivity contribution in [3.05, 3.63) is 105 Å². The zero-order chi connectivity index (χ0) is 20.4. The number of hydrogen-bond acceptors (Lipinski definition) is 4. The van der Waals surface area contributed by atoms with Crippen LogP contribution in [0.5, 0.6) is 5.75 Å². The van der Waals surface area contributed by atoms with Crippen molar-refractivity contribution in [1.82, 2.24) is 4.90 Å². The predicted molar refractivity (Wildman–Crippen MR) is 104 cm³/mol. The van der Waals surface area contributed by atoms with Gasteiger partial charge in [0.15, 0.2) is 0 Å². The lowest BCUT2D eigenvalue weighted by atomic mass is 9.88. The van der Waals surface area contributed by atoms with Gasteiger partial charge in [-0.25, -0.2) is 9.18 Å². The lowest BCUT2D eigenvalue weighted by Gasteiger charge is -2.36. The molecule has 4 rings (SSSR count). The molecule has 0 unspecified atom stereocenters. The van der Waals surface area contributed by atoms with Crippen LogP contribution in [-0.2, 0) is 6.42 Å². The van der Waals surface area contributed by atoms with Gasteiger partial charge < -0.3 is 4.74 Å². The molecule has 0 aromatic heterocycles. The number of amides is 1. The van der Waals surface area contributed by atoms with Gasteiger partial charge in [-0.15, -0.1) is 0 Å². The minimum Gasteiger partial charge on any atom is -0.410 e. The lowest BCUT2D eigenvalue weighted by molar-refractivity contribution is -0.384. The van der Waals surface area contributed by atoms with Crippen LogP contribution in [0.3, 0.4) is 0 Å². The molecule has 0 saturated carbocycles. The Balaban J connectivity index is 1.64. The zero-order valence-electron chi connectivity index (χ0n) is 15.3. The van der Waals surface area contributed by atoms with E-state index in [4.69, 9.17) is 4.74 Å². The molecule has 1 amide bonds. The molecular formula is C22H17FN2O4. The van der Waals surface area contributed by atoms with Crippen LogP contribution in [0.1, 0.15) is 22.7 Å². The number of fused-ring (bicyclic) bond motifs is 1.